The number of anilines is 6. The number of aryl methyl sites for hydroxylation is 1. The predicted octanol–water partition coefficient (Wildman–Crippen LogP) is 4.15. The van der Waals surface area contributed by atoms with Crippen LogP contribution in [0, 0.1) is 13.0 Å². The lowest BCUT2D eigenvalue weighted by molar-refractivity contribution is 0.0959. The van der Waals surface area contributed by atoms with Gasteiger partial charge in [0.2, 0.25) is 29.1 Å². The first kappa shape index (κ1) is 47.5. The average molecular weight is 975 g/mol. The molecule has 31 heteroatoms. The van der Waals surface area contributed by atoms with Gasteiger partial charge in [0, 0.05) is 28.4 Å². The summed E-state index contributed by atoms with van der Waals surface area (Å²) in [5, 5.41) is 33.0. The Bertz CT molecular complexity index is 3180. The smallest absolute Gasteiger partial charge is 0.397 e. The maximum Gasteiger partial charge on any atom is 0.397 e. The number of benzene rings is 4. The molecule has 0 atom stereocenters. The van der Waals surface area contributed by atoms with Crippen molar-refractivity contribution in [2.75, 3.05) is 46.4 Å². The highest BCUT2D eigenvalue weighted by molar-refractivity contribution is 7.91. The minimum Gasteiger partial charge on any atom is -0.505 e. The maximum absolute atomic E-state index is 14.4. The van der Waals surface area contributed by atoms with E-state index in [1.54, 1.807) is 31.2 Å². The first-order chi connectivity index (χ1) is 30.6. The van der Waals surface area contributed by atoms with Crippen LogP contribution in [0.25, 0.3) is 10.8 Å². The number of nitrogens with one attached hydrogen (secondary N) is 5. The third kappa shape index (κ3) is 13.3. The molecule has 0 fully saturated rings. The Labute approximate surface area is 373 Å². The lowest BCUT2D eigenvalue weighted by Gasteiger charge is -2.11. The standard InChI is InChI=1S/C34H31BClFN13O12S3/c1-17-12-19-14-21(6-8-23(19)27(51)26(17)50-49-24-9-7-22(61-2)15-25(24)64(55,56)57)40-31-41-29(36)42-33(45-31)47-35-48-34-44-30(37)43-32(46-34)39-20-5-3-4-18(13-20)28(52)38-16-63(53,54)11-10-62-65(58,59)60/h3-9,12-15,51H,10-11,16H2,1-2H3,(H,38,52)(H,55,56,57)(H,58,59,60)(H2,39,43,44,46,48)(H2,40,41,42,45,47). The Kier molecular flexibility index (Phi) is 14.5. The zero-order valence-electron chi connectivity index (χ0n) is 33.1. The molecule has 339 valence electrons. The Morgan fingerprint density at radius 3 is 2.18 bits per heavy atom. The summed E-state index contributed by atoms with van der Waals surface area (Å²) in [6, 6.07) is 15.9. The van der Waals surface area contributed by atoms with E-state index < -0.39 is 65.5 Å². The number of aromatic nitrogens is 6. The molecule has 8 N–H and O–H groups in total. The molecular formula is C34H31BClFN13O12S3. The molecule has 2 heterocycles. The molecule has 4 aromatic carbocycles. The Morgan fingerprint density at radius 1 is 0.831 bits per heavy atom. The molecular weight excluding hydrogens is 944 g/mol. The number of carbonyl (C=O) groups is 1. The number of aromatic hydroxyl groups is 1. The second kappa shape index (κ2) is 19.8. The highest BCUT2D eigenvalue weighted by Crippen LogP contribution is 2.40. The van der Waals surface area contributed by atoms with E-state index >= 15 is 0 Å². The number of ether oxygens (including phenoxy) is 1. The van der Waals surface area contributed by atoms with Gasteiger partial charge in [-0.25, -0.2) is 12.6 Å². The lowest BCUT2D eigenvalue weighted by Crippen LogP contribution is -2.32. The van der Waals surface area contributed by atoms with Gasteiger partial charge in [-0.2, -0.15) is 51.1 Å². The molecule has 25 nitrogen and oxygen atoms in total. The SMILES string of the molecule is COc1ccc(N=Nc2c(C)cc3cc(Nc4nc(Cl)nc(N[B]Nc5nc(F)nc(Nc6cccc(C(=O)NCS(=O)(=O)CCOS(=O)(=O)O)c6)n5)n4)ccc3c2O)c(S(=O)(=O)O)c1. The van der Waals surface area contributed by atoms with Crippen LogP contribution in [0.4, 0.5) is 50.9 Å². The Morgan fingerprint density at radius 2 is 1.49 bits per heavy atom. The quantitative estimate of drug-likeness (QED) is 0.0321. The number of azo groups is 1. The van der Waals surface area contributed by atoms with Crippen LogP contribution in [0.2, 0.25) is 5.28 Å². The minimum atomic E-state index is -4.84. The lowest BCUT2D eigenvalue weighted by atomic mass is 10.0. The number of hydrogen-bond acceptors (Lipinski definition) is 22. The van der Waals surface area contributed by atoms with Crippen molar-refractivity contribution in [2.45, 2.75) is 11.8 Å². The van der Waals surface area contributed by atoms with Crippen LogP contribution in [0.15, 0.2) is 81.9 Å². The van der Waals surface area contributed by atoms with Crippen LogP contribution in [0.3, 0.4) is 0 Å². The summed E-state index contributed by atoms with van der Waals surface area (Å²) < 4.78 is 111. The third-order valence-electron chi connectivity index (χ3n) is 8.31. The highest BCUT2D eigenvalue weighted by Gasteiger charge is 2.20. The zero-order chi connectivity index (χ0) is 47.1. The molecule has 0 aliphatic carbocycles. The van der Waals surface area contributed by atoms with E-state index in [2.05, 4.69) is 70.7 Å². The topological polar surface area (TPSA) is 361 Å². The summed E-state index contributed by atoms with van der Waals surface area (Å²) in [4.78, 5) is 35.6. The normalized spacial score (nSPS) is 11.9. The summed E-state index contributed by atoms with van der Waals surface area (Å²) in [5.74, 6) is -3.30. The van der Waals surface area contributed by atoms with Crippen LogP contribution in [0.1, 0.15) is 15.9 Å². The number of rotatable bonds is 19. The van der Waals surface area contributed by atoms with E-state index in [1.165, 1.54) is 43.5 Å². The van der Waals surface area contributed by atoms with Gasteiger partial charge in [0.05, 0.1) is 19.5 Å². The summed E-state index contributed by atoms with van der Waals surface area (Å²) in [6.45, 7) is 0.786. The number of carbonyl (C=O) groups excluding carboxylic acids is 1. The van der Waals surface area contributed by atoms with E-state index in [4.69, 9.17) is 20.9 Å². The molecule has 0 saturated heterocycles. The highest BCUT2D eigenvalue weighted by atomic mass is 35.5. The minimum absolute atomic E-state index is 0.0127. The van der Waals surface area contributed by atoms with Crippen LogP contribution < -0.4 is 31.1 Å². The molecule has 2 aromatic heterocycles. The Balaban J connectivity index is 1.07. The van der Waals surface area contributed by atoms with Gasteiger partial charge in [-0.15, -0.1) is 10.2 Å². The van der Waals surface area contributed by atoms with Crippen molar-refractivity contribution >= 4 is 113 Å². The van der Waals surface area contributed by atoms with Crippen molar-refractivity contribution in [1.82, 2.24) is 35.2 Å². The summed E-state index contributed by atoms with van der Waals surface area (Å²) in [6.07, 6.45) is -1.20. The van der Waals surface area contributed by atoms with Gasteiger partial charge in [0.1, 0.15) is 27.9 Å². The van der Waals surface area contributed by atoms with Crippen molar-refractivity contribution in [3.8, 4) is 11.5 Å². The van der Waals surface area contributed by atoms with Crippen molar-refractivity contribution in [2.24, 2.45) is 10.2 Å². The number of methoxy groups -OCH3 is 1. The van der Waals surface area contributed by atoms with Gasteiger partial charge in [-0.1, -0.05) is 6.07 Å². The van der Waals surface area contributed by atoms with Crippen molar-refractivity contribution < 1.29 is 57.6 Å². The molecule has 0 aliphatic heterocycles. The molecule has 0 spiro atoms. The number of amides is 1. The summed E-state index contributed by atoms with van der Waals surface area (Å²) in [5.41, 5.74) is 0.946. The number of nitrogens with zero attached hydrogens (tertiary/aromatic N) is 8. The number of sulfone groups is 1. The second-order valence-corrected chi connectivity index (χ2v) is 18.0. The molecule has 0 saturated carbocycles. The van der Waals surface area contributed by atoms with Crippen LogP contribution in [0.5, 0.6) is 11.5 Å². The number of fused-ring (bicyclic) bond motifs is 1. The fourth-order valence-electron chi connectivity index (χ4n) is 5.45. The van der Waals surface area contributed by atoms with Crippen LogP contribution in [-0.4, -0.2) is 108 Å². The van der Waals surface area contributed by atoms with Gasteiger partial charge in [0.25, 0.3) is 16.0 Å². The molecule has 6 aromatic rings. The zero-order valence-corrected chi connectivity index (χ0v) is 36.3. The molecule has 6 rings (SSSR count). The van der Waals surface area contributed by atoms with E-state index in [-0.39, 0.29) is 63.2 Å². The van der Waals surface area contributed by atoms with Crippen LogP contribution >= 0.6 is 11.6 Å². The molecule has 1 amide bonds. The van der Waals surface area contributed by atoms with E-state index in [9.17, 15) is 44.1 Å². The van der Waals surface area contributed by atoms with Gasteiger partial charge in [0.15, 0.2) is 15.6 Å². The van der Waals surface area contributed by atoms with Gasteiger partial charge >= 0.3 is 24.0 Å². The number of phenolic OH excluding ortho intramolecular Hbond substituents is 1. The first-order valence-electron chi connectivity index (χ1n) is 17.9. The van der Waals surface area contributed by atoms with E-state index in [1.807, 2.05) is 0 Å². The second-order valence-electron chi connectivity index (χ2n) is 13.0. The molecule has 65 heavy (non-hydrogen) atoms. The summed E-state index contributed by atoms with van der Waals surface area (Å²) >= 11 is 6.15. The maximum atomic E-state index is 14.4. The van der Waals surface area contributed by atoms with Crippen molar-refractivity contribution in [1.29, 1.82) is 0 Å². The number of halogens is 2. The Hall–Kier alpha value is -6.96. The average Bonchev–Trinajstić information content (AvgIpc) is 3.21. The monoisotopic (exact) mass is 974 g/mol. The molecule has 0 aliphatic rings. The van der Waals surface area contributed by atoms with E-state index in [0.29, 0.717) is 22.0 Å². The van der Waals surface area contributed by atoms with Gasteiger partial charge < -0.3 is 36.2 Å². The largest absolute Gasteiger partial charge is 0.505 e. The fraction of sp³-hybridized carbons (Fsp3) is 0.147. The van der Waals surface area contributed by atoms with Gasteiger partial charge in [-0.05, 0) is 84.1 Å². The first-order valence-corrected chi connectivity index (χ1v) is 22.9. The molecule has 0 unspecified atom stereocenters. The molecule has 0 bridgehead atoms. The van der Waals surface area contributed by atoms with Crippen LogP contribution in [-0.2, 0) is 34.5 Å². The molecule has 1 radical (unpaired) electrons. The number of phenols is 1. The van der Waals surface area contributed by atoms with Crippen molar-refractivity contribution in [3.05, 3.63) is 89.2 Å². The predicted molar refractivity (Wildman–Crippen MR) is 232 cm³/mol. The third-order valence-corrected chi connectivity index (χ3v) is 11.2. The van der Waals surface area contributed by atoms with Gasteiger partial charge in [-0.3, -0.25) is 13.9 Å². The summed E-state index contributed by atoms with van der Waals surface area (Å²) in [7, 11) is -11.1. The van der Waals surface area contributed by atoms with Crippen molar-refractivity contribution in [3.63, 3.8) is 0 Å². The fourth-order valence-corrected chi connectivity index (χ4v) is 7.48. The number of hydrogen-bond donors (Lipinski definition) is 8. The van der Waals surface area contributed by atoms with E-state index in [0.717, 1.165) is 13.6 Å².